The van der Waals surface area contributed by atoms with Crippen molar-refractivity contribution in [1.29, 1.82) is 0 Å². The molecule has 0 unspecified atom stereocenters. The van der Waals surface area contributed by atoms with Gasteiger partial charge in [0.25, 0.3) is 17.4 Å². The predicted octanol–water partition coefficient (Wildman–Crippen LogP) is 4.57. The number of hydrogen-bond donors (Lipinski definition) is 1. The molecule has 3 aliphatic rings. The minimum absolute atomic E-state index is 0.145. The molecule has 0 aromatic heterocycles. The van der Waals surface area contributed by atoms with Crippen LogP contribution in [0.3, 0.4) is 0 Å². The maximum Gasteiger partial charge on any atom is 0.430 e. The highest BCUT2D eigenvalue weighted by Crippen LogP contribution is 2.52. The van der Waals surface area contributed by atoms with Crippen LogP contribution in [0.1, 0.15) is 40.7 Å². The number of halogens is 4. The number of hydrogen-bond acceptors (Lipinski definition) is 4. The summed E-state index contributed by atoms with van der Waals surface area (Å²) in [7, 11) is 3.36. The van der Waals surface area contributed by atoms with Gasteiger partial charge < -0.3 is 14.9 Å². The molecule has 2 heterocycles. The van der Waals surface area contributed by atoms with E-state index in [4.69, 9.17) is 11.6 Å². The van der Waals surface area contributed by atoms with Crippen LogP contribution in [0.15, 0.2) is 54.6 Å². The van der Waals surface area contributed by atoms with Gasteiger partial charge in [0.1, 0.15) is 0 Å². The first-order valence-electron chi connectivity index (χ1n) is 12.9. The fraction of sp³-hybridized carbons (Fsp3) is 0.448. The topological polar surface area (TPSA) is 64.1 Å². The van der Waals surface area contributed by atoms with Crippen molar-refractivity contribution in [3.8, 4) is 0 Å². The van der Waals surface area contributed by atoms with Crippen molar-refractivity contribution in [1.82, 2.24) is 14.7 Å². The molecule has 1 saturated carbocycles. The zero-order chi connectivity index (χ0) is 28.2. The molecule has 2 aromatic rings. The summed E-state index contributed by atoms with van der Waals surface area (Å²) in [6.07, 6.45) is -0.527. The quantitative estimate of drug-likeness (QED) is 0.581. The summed E-state index contributed by atoms with van der Waals surface area (Å²) in [5.74, 6) is -1.45. The van der Waals surface area contributed by atoms with Gasteiger partial charge in [-0.05, 0) is 42.5 Å². The molecule has 5 rings (SSSR count). The van der Waals surface area contributed by atoms with Gasteiger partial charge in [0.15, 0.2) is 0 Å². The highest BCUT2D eigenvalue weighted by molar-refractivity contribution is 6.34. The predicted molar refractivity (Wildman–Crippen MR) is 142 cm³/mol. The molecule has 0 bridgehead atoms. The van der Waals surface area contributed by atoms with E-state index < -0.39 is 23.2 Å². The third kappa shape index (κ3) is 4.85. The maximum atomic E-state index is 13.9. The second-order valence-electron chi connectivity index (χ2n) is 11.2. The van der Waals surface area contributed by atoms with E-state index in [0.29, 0.717) is 16.6 Å². The van der Waals surface area contributed by atoms with Gasteiger partial charge in [0.2, 0.25) is 0 Å². The van der Waals surface area contributed by atoms with Gasteiger partial charge in [-0.25, -0.2) is 0 Å². The lowest BCUT2D eigenvalue weighted by atomic mass is 9.59. The lowest BCUT2D eigenvalue weighted by molar-refractivity contribution is -0.267. The Bertz CT molecular complexity index is 1300. The molecule has 10 heteroatoms. The SMILES string of the molecule is CN(C)C(=O)c1ccc(C2=CCN(C3CC4(C3)CN(C(=O)[C@](O)(c3ccccc3)C(F)(F)F)C4)CC2)cc1Cl. The maximum absolute atomic E-state index is 13.9. The van der Waals surface area contributed by atoms with Crippen LogP contribution in [-0.2, 0) is 10.4 Å². The monoisotopic (exact) mass is 561 g/mol. The Morgan fingerprint density at radius 1 is 1.08 bits per heavy atom. The Kier molecular flexibility index (Phi) is 7.06. The van der Waals surface area contributed by atoms with Crippen molar-refractivity contribution in [3.63, 3.8) is 0 Å². The third-order valence-corrected chi connectivity index (χ3v) is 8.63. The van der Waals surface area contributed by atoms with E-state index in [-0.39, 0.29) is 24.4 Å². The van der Waals surface area contributed by atoms with E-state index in [1.165, 1.54) is 28.7 Å². The van der Waals surface area contributed by atoms with Crippen molar-refractivity contribution in [2.75, 3.05) is 40.3 Å². The first-order valence-corrected chi connectivity index (χ1v) is 13.3. The van der Waals surface area contributed by atoms with Gasteiger partial charge in [-0.2, -0.15) is 13.2 Å². The van der Waals surface area contributed by atoms with Crippen molar-refractivity contribution in [2.45, 2.75) is 37.1 Å². The summed E-state index contributed by atoms with van der Waals surface area (Å²) >= 11 is 6.38. The molecular formula is C29H31ClF3N3O3. The second-order valence-corrected chi connectivity index (χ2v) is 11.6. The molecule has 2 aliphatic heterocycles. The molecule has 1 saturated heterocycles. The van der Waals surface area contributed by atoms with Gasteiger partial charge in [0.05, 0.1) is 10.6 Å². The summed E-state index contributed by atoms with van der Waals surface area (Å²) in [6.45, 7) is 2.03. The summed E-state index contributed by atoms with van der Waals surface area (Å²) in [4.78, 5) is 30.1. The largest absolute Gasteiger partial charge is 0.430 e. The molecule has 2 amide bonds. The van der Waals surface area contributed by atoms with Gasteiger partial charge in [-0.15, -0.1) is 0 Å². The first kappa shape index (κ1) is 27.7. The van der Waals surface area contributed by atoms with E-state index in [1.54, 1.807) is 20.2 Å². The number of alkyl halides is 3. The van der Waals surface area contributed by atoms with Gasteiger partial charge in [0, 0.05) is 57.3 Å². The number of carbonyl (C=O) groups excluding carboxylic acids is 2. The van der Waals surface area contributed by atoms with Gasteiger partial charge >= 0.3 is 6.18 Å². The van der Waals surface area contributed by atoms with Crippen LogP contribution in [0.2, 0.25) is 5.02 Å². The zero-order valence-corrected chi connectivity index (χ0v) is 22.6. The Labute approximate surface area is 230 Å². The highest BCUT2D eigenvalue weighted by Gasteiger charge is 2.65. The van der Waals surface area contributed by atoms with Gasteiger partial charge in [-0.1, -0.05) is 54.1 Å². The fourth-order valence-corrected chi connectivity index (χ4v) is 6.35. The summed E-state index contributed by atoms with van der Waals surface area (Å²) in [5, 5.41) is 11.0. The summed E-state index contributed by atoms with van der Waals surface area (Å²) < 4.78 is 41.7. The van der Waals surface area contributed by atoms with E-state index in [2.05, 4.69) is 11.0 Å². The Balaban J connectivity index is 1.17. The van der Waals surface area contributed by atoms with Gasteiger partial charge in [-0.3, -0.25) is 14.5 Å². The molecule has 1 N–H and O–H groups in total. The van der Waals surface area contributed by atoms with E-state index in [1.807, 2.05) is 12.1 Å². The Morgan fingerprint density at radius 2 is 1.74 bits per heavy atom. The zero-order valence-electron chi connectivity index (χ0n) is 21.8. The number of likely N-dealkylation sites (tertiary alicyclic amines) is 1. The Morgan fingerprint density at radius 3 is 2.28 bits per heavy atom. The molecule has 1 aliphatic carbocycles. The number of benzene rings is 2. The lowest BCUT2D eigenvalue weighted by Crippen LogP contribution is -2.71. The number of rotatable bonds is 5. The summed E-state index contributed by atoms with van der Waals surface area (Å²) in [5.41, 5.74) is -1.58. The molecule has 1 atom stereocenters. The molecule has 2 fully saturated rings. The van der Waals surface area contributed by atoms with Crippen molar-refractivity contribution < 1.29 is 27.9 Å². The van der Waals surface area contributed by atoms with Crippen LogP contribution in [-0.4, -0.2) is 84.1 Å². The summed E-state index contributed by atoms with van der Waals surface area (Å²) in [6, 6.07) is 12.4. The molecule has 6 nitrogen and oxygen atoms in total. The van der Waals surface area contributed by atoms with Crippen LogP contribution in [0, 0.1) is 5.41 Å². The number of amides is 2. The van der Waals surface area contributed by atoms with E-state index in [9.17, 15) is 27.9 Å². The lowest BCUT2D eigenvalue weighted by Gasteiger charge is -2.62. The smallest absolute Gasteiger partial charge is 0.369 e. The van der Waals surface area contributed by atoms with E-state index in [0.717, 1.165) is 54.9 Å². The standard InChI is InChI=1S/C29H31ClF3N3O3/c1-34(2)25(37)23-9-8-20(14-24(23)30)19-10-12-35(13-11-19)22-15-27(16-22)17-36(18-27)26(38)28(39,29(31,32)33)21-6-4-3-5-7-21/h3-10,14,22,39H,11-13,15-18H2,1-2H3/t28-/m1/s1. The number of aliphatic hydroxyl groups is 1. The first-order chi connectivity index (χ1) is 18.3. The molecule has 2 aromatic carbocycles. The van der Waals surface area contributed by atoms with Crippen LogP contribution in [0.4, 0.5) is 13.2 Å². The molecule has 1 spiro atoms. The Hall–Kier alpha value is -2.88. The van der Waals surface area contributed by atoms with Crippen LogP contribution < -0.4 is 0 Å². The van der Waals surface area contributed by atoms with Crippen LogP contribution in [0.5, 0.6) is 0 Å². The molecular weight excluding hydrogens is 531 g/mol. The molecule has 0 radical (unpaired) electrons. The number of carbonyl (C=O) groups is 2. The molecule has 208 valence electrons. The second kappa shape index (κ2) is 9.94. The number of nitrogens with zero attached hydrogens (tertiary/aromatic N) is 3. The van der Waals surface area contributed by atoms with Crippen molar-refractivity contribution >= 4 is 29.0 Å². The normalized spacial score (nSPS) is 21.0. The minimum atomic E-state index is -5.12. The van der Waals surface area contributed by atoms with Crippen molar-refractivity contribution in [2.24, 2.45) is 5.41 Å². The van der Waals surface area contributed by atoms with Crippen LogP contribution in [0.25, 0.3) is 5.57 Å². The minimum Gasteiger partial charge on any atom is -0.369 e. The van der Waals surface area contributed by atoms with E-state index >= 15 is 0 Å². The van der Waals surface area contributed by atoms with Crippen LogP contribution >= 0.6 is 11.6 Å². The fourth-order valence-electron chi connectivity index (χ4n) is 6.09. The average molecular weight is 562 g/mol. The van der Waals surface area contributed by atoms with Crippen molar-refractivity contribution in [3.05, 3.63) is 76.3 Å². The average Bonchev–Trinajstić information content (AvgIpc) is 2.86. The molecule has 39 heavy (non-hydrogen) atoms. The highest BCUT2D eigenvalue weighted by atomic mass is 35.5. The third-order valence-electron chi connectivity index (χ3n) is 8.32.